The van der Waals surface area contributed by atoms with Gasteiger partial charge in [-0.15, -0.1) is 11.3 Å². The van der Waals surface area contributed by atoms with Crippen molar-refractivity contribution < 1.29 is 19.4 Å². The molecule has 0 fully saturated rings. The number of carbonyl (C=O) groups is 2. The van der Waals surface area contributed by atoms with E-state index in [-0.39, 0.29) is 10.8 Å². The Kier molecular flexibility index (Phi) is 4.49. The molecule has 0 saturated carbocycles. The second kappa shape index (κ2) is 6.31. The second-order valence-electron chi connectivity index (χ2n) is 4.01. The molecule has 5 nitrogen and oxygen atoms in total. The van der Waals surface area contributed by atoms with E-state index in [1.807, 2.05) is 6.07 Å². The van der Waals surface area contributed by atoms with Crippen molar-refractivity contribution >= 4 is 28.9 Å². The van der Waals surface area contributed by atoms with Gasteiger partial charge >= 0.3 is 5.97 Å². The van der Waals surface area contributed by atoms with Crippen LogP contribution in [-0.2, 0) is 11.3 Å². The minimum atomic E-state index is -1.06. The average Bonchev–Trinajstić information content (AvgIpc) is 2.88. The van der Waals surface area contributed by atoms with Crippen LogP contribution in [0.3, 0.4) is 0 Å². The molecule has 2 rings (SSSR count). The molecule has 6 heteroatoms. The zero-order valence-corrected chi connectivity index (χ0v) is 11.6. The summed E-state index contributed by atoms with van der Waals surface area (Å²) in [6, 6.07) is 8.61. The molecule has 0 aliphatic rings. The van der Waals surface area contributed by atoms with Crippen LogP contribution < -0.4 is 5.32 Å². The minimum Gasteiger partial charge on any atom is -0.477 e. The lowest BCUT2D eigenvalue weighted by Gasteiger charge is -2.09. The van der Waals surface area contributed by atoms with Gasteiger partial charge in [-0.05, 0) is 23.1 Å². The third-order valence-corrected chi connectivity index (χ3v) is 3.57. The van der Waals surface area contributed by atoms with E-state index in [1.165, 1.54) is 0 Å². The number of carboxylic acid groups (broad SMARTS) is 1. The maximum Gasteiger partial charge on any atom is 0.348 e. The van der Waals surface area contributed by atoms with Crippen molar-refractivity contribution in [3.63, 3.8) is 0 Å². The molecule has 104 valence electrons. The number of aromatic carboxylic acids is 1. The summed E-state index contributed by atoms with van der Waals surface area (Å²) in [5.74, 6) is -1.40. The molecule has 1 amide bonds. The molecule has 0 aliphatic heterocycles. The third-order valence-electron chi connectivity index (χ3n) is 2.67. The maximum atomic E-state index is 12.2. The summed E-state index contributed by atoms with van der Waals surface area (Å²) in [7, 11) is 1.55. The van der Waals surface area contributed by atoms with Crippen LogP contribution in [0.2, 0.25) is 0 Å². The van der Waals surface area contributed by atoms with Crippen LogP contribution in [0.25, 0.3) is 0 Å². The fourth-order valence-electron chi connectivity index (χ4n) is 1.79. The molecular formula is C14H13NO4S. The number of benzene rings is 1. The lowest BCUT2D eigenvalue weighted by atomic mass is 10.1. The quantitative estimate of drug-likeness (QED) is 0.888. The number of nitrogens with one attached hydrogen (secondary N) is 1. The highest BCUT2D eigenvalue weighted by atomic mass is 32.1. The maximum absolute atomic E-state index is 12.2. The Labute approximate surface area is 119 Å². The number of anilines is 1. The monoisotopic (exact) mass is 291 g/mol. The number of hydrogen-bond donors (Lipinski definition) is 2. The van der Waals surface area contributed by atoms with E-state index in [0.29, 0.717) is 17.9 Å². The van der Waals surface area contributed by atoms with Crippen molar-refractivity contribution in [2.24, 2.45) is 0 Å². The molecule has 1 aromatic carbocycles. The van der Waals surface area contributed by atoms with Crippen molar-refractivity contribution in [3.05, 3.63) is 51.7 Å². The Morgan fingerprint density at radius 3 is 2.75 bits per heavy atom. The van der Waals surface area contributed by atoms with Gasteiger partial charge in [-0.3, -0.25) is 4.79 Å². The third kappa shape index (κ3) is 3.04. The molecule has 0 spiro atoms. The molecule has 2 aromatic rings. The van der Waals surface area contributed by atoms with E-state index in [2.05, 4.69) is 5.32 Å². The number of amides is 1. The largest absolute Gasteiger partial charge is 0.477 e. The van der Waals surface area contributed by atoms with Crippen LogP contribution in [0.4, 0.5) is 5.69 Å². The van der Waals surface area contributed by atoms with Gasteiger partial charge in [0, 0.05) is 12.7 Å². The smallest absolute Gasteiger partial charge is 0.348 e. The molecule has 2 N–H and O–H groups in total. The van der Waals surface area contributed by atoms with E-state index in [9.17, 15) is 9.59 Å². The SMILES string of the molecule is COCc1ccccc1C(=O)Nc1ccsc1C(=O)O. The number of rotatable bonds is 5. The van der Waals surface area contributed by atoms with Gasteiger partial charge in [0.15, 0.2) is 0 Å². The Balaban J connectivity index is 2.24. The van der Waals surface area contributed by atoms with Crippen LogP contribution in [-0.4, -0.2) is 24.1 Å². The fraction of sp³-hybridized carbons (Fsp3) is 0.143. The molecule has 0 aliphatic carbocycles. The summed E-state index contributed by atoms with van der Waals surface area (Å²) >= 11 is 1.07. The first-order valence-corrected chi connectivity index (χ1v) is 6.70. The van der Waals surface area contributed by atoms with Gasteiger partial charge in [-0.25, -0.2) is 4.79 Å². The number of carboxylic acids is 1. The topological polar surface area (TPSA) is 75.6 Å². The van der Waals surface area contributed by atoms with Crippen LogP contribution in [0.1, 0.15) is 25.6 Å². The molecule has 1 heterocycles. The van der Waals surface area contributed by atoms with Gasteiger partial charge in [-0.2, -0.15) is 0 Å². The Bertz CT molecular complexity index is 636. The molecule has 0 atom stereocenters. The zero-order valence-electron chi connectivity index (χ0n) is 10.8. The van der Waals surface area contributed by atoms with Crippen LogP contribution in [0.15, 0.2) is 35.7 Å². The molecule has 0 bridgehead atoms. The first-order chi connectivity index (χ1) is 9.63. The first kappa shape index (κ1) is 14.2. The van der Waals surface area contributed by atoms with Crippen molar-refractivity contribution in [1.29, 1.82) is 0 Å². The Morgan fingerprint density at radius 2 is 2.05 bits per heavy atom. The molecule has 20 heavy (non-hydrogen) atoms. The summed E-state index contributed by atoms with van der Waals surface area (Å²) in [6.45, 7) is 0.318. The Morgan fingerprint density at radius 1 is 1.30 bits per heavy atom. The van der Waals surface area contributed by atoms with Crippen molar-refractivity contribution in [2.75, 3.05) is 12.4 Å². The summed E-state index contributed by atoms with van der Waals surface area (Å²) in [5, 5.41) is 13.3. The molecule has 0 unspecified atom stereocenters. The fourth-order valence-corrected chi connectivity index (χ4v) is 2.47. The van der Waals surface area contributed by atoms with E-state index in [1.54, 1.807) is 36.8 Å². The van der Waals surface area contributed by atoms with E-state index in [4.69, 9.17) is 9.84 Å². The summed E-state index contributed by atoms with van der Waals surface area (Å²) in [6.07, 6.45) is 0. The van der Waals surface area contributed by atoms with Gasteiger partial charge in [0.2, 0.25) is 0 Å². The second-order valence-corrected chi connectivity index (χ2v) is 4.93. The standard InChI is InChI=1S/C14H13NO4S/c1-19-8-9-4-2-3-5-10(9)13(16)15-11-6-7-20-12(11)14(17)18/h2-7H,8H2,1H3,(H,15,16)(H,17,18). The highest BCUT2D eigenvalue weighted by molar-refractivity contribution is 7.12. The lowest BCUT2D eigenvalue weighted by Crippen LogP contribution is -2.15. The lowest BCUT2D eigenvalue weighted by molar-refractivity contribution is 0.0703. The van der Waals surface area contributed by atoms with Crippen LogP contribution >= 0.6 is 11.3 Å². The van der Waals surface area contributed by atoms with Gasteiger partial charge in [0.25, 0.3) is 5.91 Å². The zero-order chi connectivity index (χ0) is 14.5. The predicted molar refractivity (Wildman–Crippen MR) is 76.4 cm³/mol. The van der Waals surface area contributed by atoms with Crippen molar-refractivity contribution in [3.8, 4) is 0 Å². The summed E-state index contributed by atoms with van der Waals surface area (Å²) in [4.78, 5) is 23.4. The summed E-state index contributed by atoms with van der Waals surface area (Å²) in [5.41, 5.74) is 1.52. The molecule has 0 saturated heterocycles. The van der Waals surface area contributed by atoms with E-state index >= 15 is 0 Å². The average molecular weight is 291 g/mol. The van der Waals surface area contributed by atoms with Gasteiger partial charge in [-0.1, -0.05) is 18.2 Å². The minimum absolute atomic E-state index is 0.113. The van der Waals surface area contributed by atoms with Crippen LogP contribution in [0.5, 0.6) is 0 Å². The number of methoxy groups -OCH3 is 1. The van der Waals surface area contributed by atoms with E-state index in [0.717, 1.165) is 16.9 Å². The van der Waals surface area contributed by atoms with Gasteiger partial charge < -0.3 is 15.2 Å². The van der Waals surface area contributed by atoms with E-state index < -0.39 is 5.97 Å². The summed E-state index contributed by atoms with van der Waals surface area (Å²) < 4.78 is 5.04. The normalized spacial score (nSPS) is 10.2. The van der Waals surface area contributed by atoms with Crippen molar-refractivity contribution in [2.45, 2.75) is 6.61 Å². The number of thiophene rings is 1. The molecule has 1 aromatic heterocycles. The van der Waals surface area contributed by atoms with Gasteiger partial charge in [0.1, 0.15) is 4.88 Å². The molecule has 0 radical (unpaired) electrons. The number of ether oxygens (including phenoxy) is 1. The highest BCUT2D eigenvalue weighted by Gasteiger charge is 2.16. The predicted octanol–water partition coefficient (Wildman–Crippen LogP) is 2.85. The van der Waals surface area contributed by atoms with Gasteiger partial charge in [0.05, 0.1) is 12.3 Å². The van der Waals surface area contributed by atoms with Crippen LogP contribution in [0, 0.1) is 0 Å². The number of carbonyl (C=O) groups excluding carboxylic acids is 1. The number of hydrogen-bond acceptors (Lipinski definition) is 4. The van der Waals surface area contributed by atoms with Crippen molar-refractivity contribution in [1.82, 2.24) is 0 Å². The Hall–Kier alpha value is -2.18. The highest BCUT2D eigenvalue weighted by Crippen LogP contribution is 2.23. The first-order valence-electron chi connectivity index (χ1n) is 5.82. The molecular weight excluding hydrogens is 278 g/mol.